The number of anilines is 1. The van der Waals surface area contributed by atoms with Gasteiger partial charge in [0.25, 0.3) is 0 Å². The number of pyridine rings is 1. The Morgan fingerprint density at radius 3 is 2.43 bits per heavy atom. The number of allylic oxidation sites excluding steroid dienone is 1. The van der Waals surface area contributed by atoms with Crippen molar-refractivity contribution in [3.8, 4) is 6.07 Å². The number of nitrogens with zero attached hydrogens (tertiary/aromatic N) is 2. The van der Waals surface area contributed by atoms with Gasteiger partial charge in [0.15, 0.2) is 5.82 Å². The predicted molar refractivity (Wildman–Crippen MR) is 120 cm³/mol. The number of nitrogens with two attached hydrogens (primary N) is 1. The number of halogens is 1. The highest BCUT2D eigenvalue weighted by Crippen LogP contribution is 2.31. The van der Waals surface area contributed by atoms with Gasteiger partial charge in [-0.1, -0.05) is 26.0 Å². The van der Waals surface area contributed by atoms with E-state index in [1.807, 2.05) is 32.9 Å². The Hall–Kier alpha value is -2.71. The molecule has 1 saturated carbocycles. The number of rotatable bonds is 3. The van der Waals surface area contributed by atoms with Crippen LogP contribution in [0.15, 0.2) is 30.6 Å². The summed E-state index contributed by atoms with van der Waals surface area (Å²) in [6, 6.07) is 5.92. The summed E-state index contributed by atoms with van der Waals surface area (Å²) in [6.45, 7) is 8.07. The zero-order chi connectivity index (χ0) is 22.3. The highest BCUT2D eigenvalue weighted by Gasteiger charge is 2.16. The Morgan fingerprint density at radius 2 is 1.87 bits per heavy atom. The molecule has 0 unspecified atom stereocenters. The molecule has 3 rings (SSSR count). The highest BCUT2D eigenvalue weighted by atomic mass is 19.1. The van der Waals surface area contributed by atoms with Crippen molar-refractivity contribution in [2.24, 2.45) is 5.92 Å². The molecule has 4 nitrogen and oxygen atoms in total. The number of nitriles is 1. The fourth-order valence-corrected chi connectivity index (χ4v) is 3.72. The molecule has 1 aromatic heterocycles. The van der Waals surface area contributed by atoms with Crippen molar-refractivity contribution in [1.82, 2.24) is 4.98 Å². The van der Waals surface area contributed by atoms with Crippen LogP contribution in [0.3, 0.4) is 0 Å². The van der Waals surface area contributed by atoms with Gasteiger partial charge in [0.1, 0.15) is 0 Å². The minimum absolute atomic E-state index is 0.0183. The topological polar surface area (TPSA) is 82.9 Å². The van der Waals surface area contributed by atoms with Gasteiger partial charge in [-0.2, -0.15) is 5.26 Å². The summed E-state index contributed by atoms with van der Waals surface area (Å²) in [5.74, 6) is 0.381. The molecule has 1 heterocycles. The summed E-state index contributed by atoms with van der Waals surface area (Å²) in [4.78, 5) is 3.99. The standard InChI is InChI=1S/C18H18FN3.C7H14O/c1-4-5-14(16-9-22-10-17(21)18(16)19)15-7-13(8-20)11(2)6-12(15)3;1-6-2-4-7(8)5-3-6/h5-7,9-10H,4,21H2,1-3H3;6-8H,2-5H2,1H3/b14-5+;. The highest BCUT2D eigenvalue weighted by molar-refractivity contribution is 5.83. The number of benzene rings is 1. The van der Waals surface area contributed by atoms with E-state index in [-0.39, 0.29) is 11.8 Å². The van der Waals surface area contributed by atoms with Gasteiger partial charge in [0.2, 0.25) is 0 Å². The van der Waals surface area contributed by atoms with E-state index in [1.165, 1.54) is 25.2 Å². The lowest BCUT2D eigenvalue weighted by atomic mass is 9.89. The van der Waals surface area contributed by atoms with Crippen LogP contribution >= 0.6 is 0 Å². The molecule has 0 amide bonds. The lowest BCUT2D eigenvalue weighted by molar-refractivity contribution is 0.112. The molecule has 160 valence electrons. The van der Waals surface area contributed by atoms with Gasteiger partial charge in [0.05, 0.1) is 29.6 Å². The molecule has 0 atom stereocenters. The zero-order valence-electron chi connectivity index (χ0n) is 18.4. The Kier molecular flexibility index (Phi) is 8.56. The van der Waals surface area contributed by atoms with E-state index in [9.17, 15) is 9.65 Å². The van der Waals surface area contributed by atoms with Crippen LogP contribution in [-0.2, 0) is 0 Å². The maximum Gasteiger partial charge on any atom is 0.157 e. The molecule has 1 aliphatic rings. The normalized spacial score (nSPS) is 18.9. The van der Waals surface area contributed by atoms with E-state index in [4.69, 9.17) is 10.8 Å². The minimum atomic E-state index is -0.479. The quantitative estimate of drug-likeness (QED) is 0.682. The molecule has 1 fully saturated rings. The molecule has 0 spiro atoms. The second-order valence-electron chi connectivity index (χ2n) is 8.12. The Bertz CT molecular complexity index is 928. The largest absolute Gasteiger partial charge is 0.395 e. The van der Waals surface area contributed by atoms with Crippen LogP contribution in [0.1, 0.15) is 73.8 Å². The van der Waals surface area contributed by atoms with Gasteiger partial charge in [-0.25, -0.2) is 4.39 Å². The van der Waals surface area contributed by atoms with Crippen LogP contribution in [0, 0.1) is 36.9 Å². The number of aromatic nitrogens is 1. The van der Waals surface area contributed by atoms with Gasteiger partial charge in [-0.3, -0.25) is 4.98 Å². The van der Waals surface area contributed by atoms with Crippen molar-refractivity contribution in [2.75, 3.05) is 5.73 Å². The van der Waals surface area contributed by atoms with E-state index in [0.717, 1.165) is 41.9 Å². The molecule has 0 bridgehead atoms. The number of aliphatic hydroxyl groups is 1. The monoisotopic (exact) mass is 409 g/mol. The molecule has 30 heavy (non-hydrogen) atoms. The van der Waals surface area contributed by atoms with Gasteiger partial charge < -0.3 is 10.8 Å². The molecular weight excluding hydrogens is 377 g/mol. The first-order valence-corrected chi connectivity index (χ1v) is 10.6. The molecule has 5 heteroatoms. The molecular formula is C25H32FN3O. The fraction of sp³-hybridized carbons (Fsp3) is 0.440. The summed E-state index contributed by atoms with van der Waals surface area (Å²) in [6.07, 6.45) is 9.96. The molecule has 1 aromatic carbocycles. The maximum absolute atomic E-state index is 14.4. The number of hydrogen-bond donors (Lipinski definition) is 2. The van der Waals surface area contributed by atoms with Crippen LogP contribution < -0.4 is 5.73 Å². The fourth-order valence-electron chi connectivity index (χ4n) is 3.72. The van der Waals surface area contributed by atoms with Crippen molar-refractivity contribution >= 4 is 11.3 Å². The molecule has 0 aliphatic heterocycles. The van der Waals surface area contributed by atoms with Crippen LogP contribution in [0.25, 0.3) is 5.57 Å². The molecule has 0 radical (unpaired) electrons. The first kappa shape index (κ1) is 23.6. The van der Waals surface area contributed by atoms with E-state index in [1.54, 1.807) is 6.07 Å². The smallest absolute Gasteiger partial charge is 0.157 e. The predicted octanol–water partition coefficient (Wildman–Crippen LogP) is 5.69. The van der Waals surface area contributed by atoms with Crippen molar-refractivity contribution in [3.63, 3.8) is 0 Å². The van der Waals surface area contributed by atoms with Crippen molar-refractivity contribution in [3.05, 3.63) is 64.2 Å². The SMILES string of the molecule is CC/C=C(\c1cc(C#N)c(C)cc1C)c1cncc(N)c1F.CC1CCC(O)CC1. The number of aryl methyl sites for hydroxylation is 2. The van der Waals surface area contributed by atoms with Crippen molar-refractivity contribution < 1.29 is 9.50 Å². The third-order valence-electron chi connectivity index (χ3n) is 5.57. The van der Waals surface area contributed by atoms with Crippen molar-refractivity contribution in [2.45, 2.75) is 65.9 Å². The summed E-state index contributed by atoms with van der Waals surface area (Å²) in [5, 5.41) is 18.3. The second-order valence-corrected chi connectivity index (χ2v) is 8.12. The first-order chi connectivity index (χ1) is 14.3. The molecule has 0 saturated heterocycles. The second kappa shape index (κ2) is 10.9. The van der Waals surface area contributed by atoms with Crippen LogP contribution in [0.2, 0.25) is 0 Å². The van der Waals surface area contributed by atoms with Crippen LogP contribution in [-0.4, -0.2) is 16.2 Å². The Balaban J connectivity index is 0.000000335. The third kappa shape index (κ3) is 5.90. The van der Waals surface area contributed by atoms with Gasteiger partial charge in [-0.05, 0) is 80.2 Å². The third-order valence-corrected chi connectivity index (χ3v) is 5.57. The lowest BCUT2D eigenvalue weighted by Gasteiger charge is -2.21. The van der Waals surface area contributed by atoms with Gasteiger partial charge >= 0.3 is 0 Å². The maximum atomic E-state index is 14.4. The lowest BCUT2D eigenvalue weighted by Crippen LogP contribution is -2.15. The van der Waals surface area contributed by atoms with Gasteiger partial charge in [0, 0.05) is 11.8 Å². The molecule has 2 aromatic rings. The first-order valence-electron chi connectivity index (χ1n) is 10.6. The van der Waals surface area contributed by atoms with Crippen molar-refractivity contribution in [1.29, 1.82) is 5.26 Å². The summed E-state index contributed by atoms with van der Waals surface area (Å²) >= 11 is 0. The molecule has 3 N–H and O–H groups in total. The number of aliphatic hydroxyl groups excluding tert-OH is 1. The summed E-state index contributed by atoms with van der Waals surface area (Å²) < 4.78 is 14.4. The minimum Gasteiger partial charge on any atom is -0.395 e. The molecule has 1 aliphatic carbocycles. The van der Waals surface area contributed by atoms with Gasteiger partial charge in [-0.15, -0.1) is 0 Å². The Labute approximate surface area is 179 Å². The van der Waals surface area contributed by atoms with E-state index < -0.39 is 5.82 Å². The number of hydrogen-bond acceptors (Lipinski definition) is 4. The van der Waals surface area contributed by atoms with E-state index >= 15 is 0 Å². The van der Waals surface area contributed by atoms with E-state index in [2.05, 4.69) is 18.0 Å². The Morgan fingerprint density at radius 1 is 1.20 bits per heavy atom. The van der Waals surface area contributed by atoms with Crippen LogP contribution in [0.5, 0.6) is 0 Å². The average molecular weight is 410 g/mol. The summed E-state index contributed by atoms with van der Waals surface area (Å²) in [7, 11) is 0. The van der Waals surface area contributed by atoms with E-state index in [0.29, 0.717) is 16.7 Å². The van der Waals surface area contributed by atoms with Crippen LogP contribution in [0.4, 0.5) is 10.1 Å². The average Bonchev–Trinajstić information content (AvgIpc) is 2.72. The summed E-state index contributed by atoms with van der Waals surface area (Å²) in [5.41, 5.74) is 10.0. The zero-order valence-corrected chi connectivity index (χ0v) is 18.4. The number of nitrogen functional groups attached to an aromatic ring is 1.